The Labute approximate surface area is 108 Å². The Balaban J connectivity index is 2.12. The van der Waals surface area contributed by atoms with Crippen LogP contribution in [0.15, 0.2) is 24.3 Å². The molecule has 0 aliphatic carbocycles. The lowest BCUT2D eigenvalue weighted by atomic mass is 9.98. The van der Waals surface area contributed by atoms with Crippen molar-refractivity contribution < 1.29 is 9.90 Å². The molecule has 1 aromatic carbocycles. The lowest BCUT2D eigenvalue weighted by Gasteiger charge is -2.35. The van der Waals surface area contributed by atoms with Crippen LogP contribution in [0.4, 0.5) is 0 Å². The summed E-state index contributed by atoms with van der Waals surface area (Å²) in [4.78, 5) is 14.4. The molecule has 1 aromatic rings. The number of aryl methyl sites for hydroxylation is 1. The minimum atomic E-state index is 0.105. The minimum Gasteiger partial charge on any atom is -0.396 e. The van der Waals surface area contributed by atoms with E-state index in [2.05, 4.69) is 0 Å². The minimum absolute atomic E-state index is 0.105. The largest absolute Gasteiger partial charge is 0.396 e. The van der Waals surface area contributed by atoms with Crippen LogP contribution in [-0.2, 0) is 0 Å². The number of rotatable bonds is 3. The van der Waals surface area contributed by atoms with Gasteiger partial charge in [-0.1, -0.05) is 17.7 Å². The maximum atomic E-state index is 12.4. The zero-order valence-corrected chi connectivity index (χ0v) is 10.9. The summed E-state index contributed by atoms with van der Waals surface area (Å²) in [6.45, 7) is 2.99. The smallest absolute Gasteiger partial charge is 0.254 e. The quantitative estimate of drug-likeness (QED) is 0.891. The molecule has 1 fully saturated rings. The van der Waals surface area contributed by atoms with Crippen molar-refractivity contribution in [3.05, 3.63) is 35.4 Å². The predicted octanol–water partition coefficient (Wildman–Crippen LogP) is 2.37. The summed E-state index contributed by atoms with van der Waals surface area (Å²) in [5.41, 5.74) is 1.92. The molecule has 1 amide bonds. The zero-order valence-electron chi connectivity index (χ0n) is 10.9. The van der Waals surface area contributed by atoms with Crippen LogP contribution in [0.2, 0.25) is 0 Å². The third kappa shape index (κ3) is 2.91. The molecule has 1 unspecified atom stereocenters. The molecule has 0 radical (unpaired) electrons. The van der Waals surface area contributed by atoms with E-state index in [1.165, 1.54) is 0 Å². The summed E-state index contributed by atoms with van der Waals surface area (Å²) >= 11 is 0. The highest BCUT2D eigenvalue weighted by atomic mass is 16.3. The van der Waals surface area contributed by atoms with Gasteiger partial charge in [0, 0.05) is 24.8 Å². The number of carbonyl (C=O) groups excluding carboxylic acids is 1. The molecule has 1 N–H and O–H groups in total. The Kier molecular flexibility index (Phi) is 4.37. The van der Waals surface area contributed by atoms with Gasteiger partial charge in [-0.25, -0.2) is 0 Å². The van der Waals surface area contributed by atoms with Gasteiger partial charge >= 0.3 is 0 Å². The van der Waals surface area contributed by atoms with Gasteiger partial charge in [0.05, 0.1) is 0 Å². The van der Waals surface area contributed by atoms with Gasteiger partial charge < -0.3 is 10.0 Å². The molecular formula is C15H21NO2. The third-order valence-corrected chi connectivity index (χ3v) is 3.65. The van der Waals surface area contributed by atoms with Crippen molar-refractivity contribution >= 4 is 5.91 Å². The highest BCUT2D eigenvalue weighted by Gasteiger charge is 2.26. The molecule has 98 valence electrons. The number of aliphatic hydroxyl groups is 1. The number of likely N-dealkylation sites (tertiary alicyclic amines) is 1. The van der Waals surface area contributed by atoms with Crippen LogP contribution in [0.5, 0.6) is 0 Å². The lowest BCUT2D eigenvalue weighted by Crippen LogP contribution is -2.44. The van der Waals surface area contributed by atoms with E-state index in [0.717, 1.165) is 36.9 Å². The van der Waals surface area contributed by atoms with Crippen molar-refractivity contribution in [1.29, 1.82) is 0 Å². The van der Waals surface area contributed by atoms with E-state index in [1.807, 2.05) is 36.1 Å². The summed E-state index contributed by atoms with van der Waals surface area (Å²) < 4.78 is 0. The average Bonchev–Trinajstić information content (AvgIpc) is 2.40. The van der Waals surface area contributed by atoms with Crippen LogP contribution in [0.3, 0.4) is 0 Å². The van der Waals surface area contributed by atoms with Crippen molar-refractivity contribution in [3.8, 4) is 0 Å². The molecule has 3 nitrogen and oxygen atoms in total. The molecule has 3 heteroatoms. The average molecular weight is 247 g/mol. The lowest BCUT2D eigenvalue weighted by molar-refractivity contribution is 0.0574. The molecule has 0 saturated carbocycles. The first-order valence-electron chi connectivity index (χ1n) is 6.71. The van der Waals surface area contributed by atoms with Crippen molar-refractivity contribution in [3.63, 3.8) is 0 Å². The monoisotopic (exact) mass is 247 g/mol. The number of piperidine rings is 1. The summed E-state index contributed by atoms with van der Waals surface area (Å²) in [7, 11) is 0. The van der Waals surface area contributed by atoms with E-state index in [-0.39, 0.29) is 18.6 Å². The Morgan fingerprint density at radius 1 is 1.33 bits per heavy atom. The second-order valence-electron chi connectivity index (χ2n) is 5.03. The van der Waals surface area contributed by atoms with Crippen molar-refractivity contribution in [2.24, 2.45) is 0 Å². The summed E-state index contributed by atoms with van der Waals surface area (Å²) in [5, 5.41) is 9.09. The van der Waals surface area contributed by atoms with Gasteiger partial charge in [-0.3, -0.25) is 4.79 Å². The number of carbonyl (C=O) groups is 1. The Morgan fingerprint density at radius 3 is 2.72 bits per heavy atom. The molecule has 0 bridgehead atoms. The van der Waals surface area contributed by atoms with E-state index in [9.17, 15) is 4.79 Å². The topological polar surface area (TPSA) is 40.5 Å². The van der Waals surface area contributed by atoms with E-state index in [0.29, 0.717) is 6.42 Å². The molecule has 1 aliphatic heterocycles. The van der Waals surface area contributed by atoms with E-state index >= 15 is 0 Å². The van der Waals surface area contributed by atoms with Gasteiger partial charge in [0.25, 0.3) is 5.91 Å². The van der Waals surface area contributed by atoms with Crippen LogP contribution in [-0.4, -0.2) is 35.1 Å². The molecule has 18 heavy (non-hydrogen) atoms. The van der Waals surface area contributed by atoms with Crippen LogP contribution < -0.4 is 0 Å². The number of nitrogens with zero attached hydrogens (tertiary/aromatic N) is 1. The van der Waals surface area contributed by atoms with Crippen LogP contribution >= 0.6 is 0 Å². The number of benzene rings is 1. The molecule has 1 heterocycles. The number of amides is 1. The fourth-order valence-electron chi connectivity index (χ4n) is 2.58. The summed E-state index contributed by atoms with van der Waals surface area (Å²) in [6.07, 6.45) is 3.93. The Morgan fingerprint density at radius 2 is 2.06 bits per heavy atom. The molecule has 0 aromatic heterocycles. The predicted molar refractivity (Wildman–Crippen MR) is 71.6 cm³/mol. The van der Waals surface area contributed by atoms with E-state index in [1.54, 1.807) is 0 Å². The number of hydrogen-bond donors (Lipinski definition) is 1. The van der Waals surface area contributed by atoms with E-state index < -0.39 is 0 Å². The van der Waals surface area contributed by atoms with Gasteiger partial charge in [0.1, 0.15) is 0 Å². The first-order valence-corrected chi connectivity index (χ1v) is 6.71. The highest BCUT2D eigenvalue weighted by Crippen LogP contribution is 2.21. The SMILES string of the molecule is Cc1ccc(C(=O)N2CCCCC2CCO)cc1. The second-order valence-corrected chi connectivity index (χ2v) is 5.03. The molecule has 1 saturated heterocycles. The number of aliphatic hydroxyl groups excluding tert-OH is 1. The van der Waals surface area contributed by atoms with Crippen molar-refractivity contribution in [1.82, 2.24) is 4.90 Å². The standard InChI is InChI=1S/C15H21NO2/c1-12-5-7-13(8-6-12)15(18)16-10-3-2-4-14(16)9-11-17/h5-8,14,17H,2-4,9-11H2,1H3. The van der Waals surface area contributed by atoms with Gasteiger partial charge in [-0.05, 0) is 44.7 Å². The Bertz CT molecular complexity index is 397. The van der Waals surface area contributed by atoms with Crippen molar-refractivity contribution in [2.45, 2.75) is 38.6 Å². The van der Waals surface area contributed by atoms with E-state index in [4.69, 9.17) is 5.11 Å². The normalized spacial score (nSPS) is 19.9. The molecule has 1 aliphatic rings. The van der Waals surface area contributed by atoms with Gasteiger partial charge in [-0.2, -0.15) is 0 Å². The van der Waals surface area contributed by atoms with Gasteiger partial charge in [-0.15, -0.1) is 0 Å². The molecule has 2 rings (SSSR count). The highest BCUT2D eigenvalue weighted by molar-refractivity contribution is 5.94. The van der Waals surface area contributed by atoms with Gasteiger partial charge in [0.15, 0.2) is 0 Å². The fraction of sp³-hybridized carbons (Fsp3) is 0.533. The third-order valence-electron chi connectivity index (χ3n) is 3.65. The van der Waals surface area contributed by atoms with Crippen molar-refractivity contribution in [2.75, 3.05) is 13.2 Å². The molecular weight excluding hydrogens is 226 g/mol. The first kappa shape index (κ1) is 13.1. The number of hydrogen-bond acceptors (Lipinski definition) is 2. The fourth-order valence-corrected chi connectivity index (χ4v) is 2.58. The maximum Gasteiger partial charge on any atom is 0.254 e. The second kappa shape index (κ2) is 6.01. The van der Waals surface area contributed by atoms with Gasteiger partial charge in [0.2, 0.25) is 0 Å². The first-order chi connectivity index (χ1) is 8.72. The zero-order chi connectivity index (χ0) is 13.0. The molecule has 1 atom stereocenters. The van der Waals surface area contributed by atoms with Crippen LogP contribution in [0.1, 0.15) is 41.6 Å². The Hall–Kier alpha value is -1.35. The summed E-state index contributed by atoms with van der Waals surface area (Å²) in [6, 6.07) is 7.93. The van der Waals surface area contributed by atoms with Crippen LogP contribution in [0, 0.1) is 6.92 Å². The molecule has 0 spiro atoms. The summed E-state index contributed by atoms with van der Waals surface area (Å²) in [5.74, 6) is 0.105. The van der Waals surface area contributed by atoms with Crippen LogP contribution in [0.25, 0.3) is 0 Å². The maximum absolute atomic E-state index is 12.4.